The largest absolute Gasteiger partial charge is 0.352 e. The minimum Gasteiger partial charge on any atom is -0.352 e. The van der Waals surface area contributed by atoms with Crippen LogP contribution in [0.15, 0.2) is 18.2 Å². The molecule has 0 heterocycles. The number of halogens is 3. The molecule has 2 atom stereocenters. The van der Waals surface area contributed by atoms with Crippen LogP contribution in [0.25, 0.3) is 0 Å². The number of hydrogen-bond donors (Lipinski definition) is 1. The van der Waals surface area contributed by atoms with Crippen LogP contribution in [-0.4, -0.2) is 17.3 Å². The molecule has 0 aromatic heterocycles. The summed E-state index contributed by atoms with van der Waals surface area (Å²) >= 11 is 3.61. The van der Waals surface area contributed by atoms with E-state index in [0.717, 1.165) is 37.5 Å². The van der Waals surface area contributed by atoms with Crippen molar-refractivity contribution in [3.05, 3.63) is 35.4 Å². The van der Waals surface area contributed by atoms with Crippen LogP contribution in [-0.2, 0) is 0 Å². The minimum absolute atomic E-state index is 0.0273. The third-order valence-electron chi connectivity index (χ3n) is 3.47. The van der Waals surface area contributed by atoms with E-state index in [1.807, 2.05) is 0 Å². The van der Waals surface area contributed by atoms with Gasteiger partial charge >= 0.3 is 0 Å². The molecule has 1 N–H and O–H groups in total. The number of carbonyl (C=O) groups is 1. The van der Waals surface area contributed by atoms with Crippen LogP contribution in [0.2, 0.25) is 0 Å². The Morgan fingerprint density at radius 1 is 1.21 bits per heavy atom. The molecule has 2 nitrogen and oxygen atoms in total. The highest BCUT2D eigenvalue weighted by Crippen LogP contribution is 2.29. The Hall–Kier alpha value is -0.970. The average Bonchev–Trinajstić information content (AvgIpc) is 2.36. The number of nitrogens with one attached hydrogen (secondary N) is 1. The second kappa shape index (κ2) is 6.46. The Morgan fingerprint density at radius 3 is 2.47 bits per heavy atom. The van der Waals surface area contributed by atoms with Crippen molar-refractivity contribution in [1.82, 2.24) is 5.32 Å². The van der Waals surface area contributed by atoms with Crippen molar-refractivity contribution in [3.8, 4) is 0 Å². The van der Waals surface area contributed by atoms with Crippen molar-refractivity contribution in [1.29, 1.82) is 0 Å². The van der Waals surface area contributed by atoms with Crippen LogP contribution in [0.5, 0.6) is 0 Å². The smallest absolute Gasteiger partial charge is 0.251 e. The van der Waals surface area contributed by atoms with Crippen LogP contribution in [0.3, 0.4) is 0 Å². The highest BCUT2D eigenvalue weighted by atomic mass is 79.9. The highest BCUT2D eigenvalue weighted by molar-refractivity contribution is 9.09. The summed E-state index contributed by atoms with van der Waals surface area (Å²) in [4.78, 5) is 12.2. The van der Waals surface area contributed by atoms with Gasteiger partial charge in [0.05, 0.1) is 0 Å². The Bertz CT molecular complexity index is 447. The second-order valence-corrected chi connectivity index (χ2v) is 6.10. The van der Waals surface area contributed by atoms with Crippen molar-refractivity contribution in [2.75, 3.05) is 6.54 Å². The molecule has 0 radical (unpaired) electrons. The van der Waals surface area contributed by atoms with Crippen molar-refractivity contribution < 1.29 is 13.6 Å². The van der Waals surface area contributed by atoms with E-state index in [9.17, 15) is 13.6 Å². The summed E-state index contributed by atoms with van der Waals surface area (Å²) in [6.45, 7) is 0.535. The van der Waals surface area contributed by atoms with Gasteiger partial charge in [-0.05, 0) is 30.9 Å². The molecule has 2 rings (SSSR count). The molecule has 1 aromatic carbocycles. The lowest BCUT2D eigenvalue weighted by Gasteiger charge is -2.27. The van der Waals surface area contributed by atoms with Crippen molar-refractivity contribution >= 4 is 21.8 Å². The topological polar surface area (TPSA) is 29.1 Å². The quantitative estimate of drug-likeness (QED) is 0.841. The maximum Gasteiger partial charge on any atom is 0.251 e. The molecule has 0 spiro atoms. The molecule has 2 unspecified atom stereocenters. The number of hydrogen-bond acceptors (Lipinski definition) is 1. The summed E-state index contributed by atoms with van der Waals surface area (Å²) in [6.07, 6.45) is 4.54. The molecule has 19 heavy (non-hydrogen) atoms. The number of carbonyl (C=O) groups excluding carboxylic acids is 1. The molecule has 104 valence electrons. The molecule has 0 bridgehead atoms. The molecule has 5 heteroatoms. The fourth-order valence-electron chi connectivity index (χ4n) is 2.40. The van der Waals surface area contributed by atoms with Gasteiger partial charge in [0.15, 0.2) is 0 Å². The summed E-state index contributed by atoms with van der Waals surface area (Å²) in [7, 11) is 0. The number of amides is 1. The fourth-order valence-corrected chi connectivity index (χ4v) is 3.18. The molecule has 1 amide bonds. The third-order valence-corrected chi connectivity index (χ3v) is 4.67. The SMILES string of the molecule is O=C(NCC1CCCCC1Br)c1cc(F)cc(F)c1. The Morgan fingerprint density at radius 2 is 1.84 bits per heavy atom. The number of alkyl halides is 1. The molecule has 1 aromatic rings. The van der Waals surface area contributed by atoms with Gasteiger partial charge in [0.2, 0.25) is 0 Å². The van der Waals surface area contributed by atoms with E-state index < -0.39 is 17.5 Å². The molecule has 0 aliphatic heterocycles. The predicted octanol–water partition coefficient (Wildman–Crippen LogP) is 3.65. The van der Waals surface area contributed by atoms with Crippen LogP contribution in [0, 0.1) is 17.6 Å². The average molecular weight is 332 g/mol. The Kier molecular flexibility index (Phi) is 4.91. The lowest BCUT2D eigenvalue weighted by atomic mass is 9.89. The number of rotatable bonds is 3. The molecule has 1 saturated carbocycles. The van der Waals surface area contributed by atoms with Gasteiger partial charge < -0.3 is 5.32 Å². The third kappa shape index (κ3) is 4.00. The first-order valence-electron chi connectivity index (χ1n) is 6.44. The van der Waals surface area contributed by atoms with E-state index in [-0.39, 0.29) is 5.56 Å². The first-order chi connectivity index (χ1) is 9.06. The van der Waals surface area contributed by atoms with Gasteiger partial charge in [-0.3, -0.25) is 4.79 Å². The van der Waals surface area contributed by atoms with E-state index in [4.69, 9.17) is 0 Å². The Labute approximate surface area is 119 Å². The predicted molar refractivity (Wildman–Crippen MR) is 73.4 cm³/mol. The molecular formula is C14H16BrF2NO. The summed E-state index contributed by atoms with van der Waals surface area (Å²) in [5.41, 5.74) is 0.0273. The summed E-state index contributed by atoms with van der Waals surface area (Å²) < 4.78 is 26.0. The number of benzene rings is 1. The van der Waals surface area contributed by atoms with Crippen LogP contribution in [0.1, 0.15) is 36.0 Å². The lowest BCUT2D eigenvalue weighted by Crippen LogP contribution is -2.34. The molecule has 0 saturated heterocycles. The Balaban J connectivity index is 1.93. The zero-order valence-corrected chi connectivity index (χ0v) is 12.1. The molecule has 1 aliphatic carbocycles. The second-order valence-electron chi connectivity index (χ2n) is 4.93. The highest BCUT2D eigenvalue weighted by Gasteiger charge is 2.23. The minimum atomic E-state index is -0.735. The van der Waals surface area contributed by atoms with Gasteiger partial charge in [0, 0.05) is 23.0 Å². The van der Waals surface area contributed by atoms with Gasteiger partial charge in [-0.25, -0.2) is 8.78 Å². The first kappa shape index (κ1) is 14.4. The van der Waals surface area contributed by atoms with Crippen LogP contribution >= 0.6 is 15.9 Å². The van der Waals surface area contributed by atoms with E-state index in [0.29, 0.717) is 17.3 Å². The van der Waals surface area contributed by atoms with Crippen LogP contribution in [0.4, 0.5) is 8.78 Å². The standard InChI is InChI=1S/C14H16BrF2NO/c15-13-4-2-1-3-9(13)8-18-14(19)10-5-11(16)7-12(17)6-10/h5-7,9,13H,1-4,8H2,(H,18,19). The van der Waals surface area contributed by atoms with Crippen molar-refractivity contribution in [2.45, 2.75) is 30.5 Å². The fraction of sp³-hybridized carbons (Fsp3) is 0.500. The monoisotopic (exact) mass is 331 g/mol. The van der Waals surface area contributed by atoms with Gasteiger partial charge in [0.25, 0.3) is 5.91 Å². The summed E-state index contributed by atoms with van der Waals surface area (Å²) in [6, 6.07) is 2.85. The maximum atomic E-state index is 13.0. The first-order valence-corrected chi connectivity index (χ1v) is 7.36. The van der Waals surface area contributed by atoms with E-state index in [1.165, 1.54) is 6.42 Å². The molecular weight excluding hydrogens is 316 g/mol. The maximum absolute atomic E-state index is 13.0. The molecule has 1 fully saturated rings. The van der Waals surface area contributed by atoms with Crippen LogP contribution < -0.4 is 5.32 Å². The van der Waals surface area contributed by atoms with Crippen molar-refractivity contribution in [3.63, 3.8) is 0 Å². The van der Waals surface area contributed by atoms with E-state index >= 15 is 0 Å². The summed E-state index contributed by atoms with van der Waals surface area (Å²) in [5, 5.41) is 2.75. The van der Waals surface area contributed by atoms with Gasteiger partial charge in [-0.2, -0.15) is 0 Å². The molecule has 1 aliphatic rings. The van der Waals surface area contributed by atoms with Gasteiger partial charge in [-0.15, -0.1) is 0 Å². The van der Waals surface area contributed by atoms with Gasteiger partial charge in [0.1, 0.15) is 11.6 Å². The van der Waals surface area contributed by atoms with E-state index in [1.54, 1.807) is 0 Å². The lowest BCUT2D eigenvalue weighted by molar-refractivity contribution is 0.0943. The normalized spacial score (nSPS) is 23.1. The van der Waals surface area contributed by atoms with Crippen molar-refractivity contribution in [2.24, 2.45) is 5.92 Å². The van der Waals surface area contributed by atoms with Gasteiger partial charge in [-0.1, -0.05) is 28.8 Å². The zero-order chi connectivity index (χ0) is 13.8. The van der Waals surface area contributed by atoms with E-state index in [2.05, 4.69) is 21.2 Å². The summed E-state index contributed by atoms with van der Waals surface area (Å²) in [5.74, 6) is -1.51. The zero-order valence-electron chi connectivity index (χ0n) is 10.5.